The van der Waals surface area contributed by atoms with Crippen LogP contribution in [0, 0.1) is 0 Å². The van der Waals surface area contributed by atoms with Gasteiger partial charge in [0.25, 0.3) is 5.91 Å². The van der Waals surface area contributed by atoms with Gasteiger partial charge in [-0.05, 0) is 34.4 Å². The SMILES string of the molecule is CCCOc1ccc2ccccc2c1/C=N\NC(=O)C(c1ccccc1)c1ccccc1. The Morgan fingerprint density at radius 1 is 0.875 bits per heavy atom. The van der Waals surface area contributed by atoms with Crippen molar-refractivity contribution in [1.29, 1.82) is 0 Å². The number of hydrogen-bond acceptors (Lipinski definition) is 3. The van der Waals surface area contributed by atoms with Crippen LogP contribution in [0.25, 0.3) is 10.8 Å². The van der Waals surface area contributed by atoms with Gasteiger partial charge in [0.15, 0.2) is 0 Å². The average molecular weight is 423 g/mol. The molecule has 0 radical (unpaired) electrons. The molecule has 0 spiro atoms. The highest BCUT2D eigenvalue weighted by atomic mass is 16.5. The minimum atomic E-state index is -0.446. The topological polar surface area (TPSA) is 50.7 Å². The van der Waals surface area contributed by atoms with E-state index in [0.29, 0.717) is 6.61 Å². The molecule has 0 heterocycles. The Kier molecular flexibility index (Phi) is 6.93. The molecule has 0 aliphatic rings. The van der Waals surface area contributed by atoms with Crippen molar-refractivity contribution in [2.75, 3.05) is 6.61 Å². The smallest absolute Gasteiger partial charge is 0.252 e. The van der Waals surface area contributed by atoms with Gasteiger partial charge in [-0.2, -0.15) is 5.10 Å². The molecule has 0 saturated carbocycles. The van der Waals surface area contributed by atoms with Crippen LogP contribution >= 0.6 is 0 Å². The maximum Gasteiger partial charge on any atom is 0.252 e. The van der Waals surface area contributed by atoms with E-state index in [0.717, 1.165) is 39.6 Å². The number of hydrazone groups is 1. The Hall–Kier alpha value is -3.92. The third-order valence-corrected chi connectivity index (χ3v) is 5.29. The third kappa shape index (κ3) is 4.86. The van der Waals surface area contributed by atoms with Gasteiger partial charge in [-0.25, -0.2) is 5.43 Å². The van der Waals surface area contributed by atoms with Crippen LogP contribution in [0.1, 0.15) is 36.0 Å². The Morgan fingerprint density at radius 2 is 1.50 bits per heavy atom. The van der Waals surface area contributed by atoms with Crippen LogP contribution in [0.2, 0.25) is 0 Å². The summed E-state index contributed by atoms with van der Waals surface area (Å²) in [6.07, 6.45) is 2.59. The first-order chi connectivity index (χ1) is 15.8. The Bertz CT molecular complexity index is 1160. The van der Waals surface area contributed by atoms with Crippen molar-refractivity contribution < 1.29 is 9.53 Å². The largest absolute Gasteiger partial charge is 0.493 e. The molecule has 1 amide bonds. The lowest BCUT2D eigenvalue weighted by Gasteiger charge is -2.16. The molecule has 0 saturated heterocycles. The fraction of sp³-hybridized carbons (Fsp3) is 0.143. The molecule has 0 aromatic heterocycles. The number of ether oxygens (including phenoxy) is 1. The van der Waals surface area contributed by atoms with Gasteiger partial charge in [0.2, 0.25) is 0 Å². The maximum atomic E-state index is 13.2. The number of nitrogens with one attached hydrogen (secondary N) is 1. The van der Waals surface area contributed by atoms with Crippen molar-refractivity contribution in [2.45, 2.75) is 19.3 Å². The summed E-state index contributed by atoms with van der Waals surface area (Å²) in [7, 11) is 0. The number of benzene rings is 4. The van der Waals surface area contributed by atoms with Crippen molar-refractivity contribution >= 4 is 22.9 Å². The molecule has 0 aliphatic carbocycles. The van der Waals surface area contributed by atoms with Gasteiger partial charge in [0, 0.05) is 5.56 Å². The van der Waals surface area contributed by atoms with E-state index < -0.39 is 5.92 Å². The van der Waals surface area contributed by atoms with E-state index in [4.69, 9.17) is 4.74 Å². The minimum Gasteiger partial charge on any atom is -0.493 e. The molecule has 0 unspecified atom stereocenters. The van der Waals surface area contributed by atoms with E-state index in [1.165, 1.54) is 0 Å². The summed E-state index contributed by atoms with van der Waals surface area (Å²) in [5.41, 5.74) is 5.45. The predicted octanol–water partition coefficient (Wildman–Crippen LogP) is 5.91. The fourth-order valence-corrected chi connectivity index (χ4v) is 3.76. The summed E-state index contributed by atoms with van der Waals surface area (Å²) in [6.45, 7) is 2.69. The lowest BCUT2D eigenvalue weighted by Crippen LogP contribution is -2.26. The Labute approximate surface area is 188 Å². The van der Waals surface area contributed by atoms with E-state index in [1.54, 1.807) is 6.21 Å². The van der Waals surface area contributed by atoms with Crippen LogP contribution in [0.5, 0.6) is 5.75 Å². The second kappa shape index (κ2) is 10.4. The van der Waals surface area contributed by atoms with Crippen LogP contribution in [-0.2, 0) is 4.79 Å². The summed E-state index contributed by atoms with van der Waals surface area (Å²) in [4.78, 5) is 13.2. The van der Waals surface area contributed by atoms with Crippen LogP contribution in [0.3, 0.4) is 0 Å². The molecule has 0 bridgehead atoms. The number of rotatable bonds is 8. The monoisotopic (exact) mass is 422 g/mol. The summed E-state index contributed by atoms with van der Waals surface area (Å²) in [6, 6.07) is 31.6. The molecule has 0 aliphatic heterocycles. The van der Waals surface area contributed by atoms with E-state index in [1.807, 2.05) is 91.0 Å². The second-order valence-corrected chi connectivity index (χ2v) is 7.54. The average Bonchev–Trinajstić information content (AvgIpc) is 2.85. The molecule has 4 nitrogen and oxygen atoms in total. The quantitative estimate of drug-likeness (QED) is 0.283. The first-order valence-electron chi connectivity index (χ1n) is 10.8. The van der Waals surface area contributed by atoms with E-state index >= 15 is 0 Å². The number of fused-ring (bicyclic) bond motifs is 1. The van der Waals surface area contributed by atoms with Crippen molar-refractivity contribution in [3.05, 3.63) is 114 Å². The van der Waals surface area contributed by atoms with Gasteiger partial charge >= 0.3 is 0 Å². The Balaban J connectivity index is 1.63. The van der Waals surface area contributed by atoms with Gasteiger partial charge in [-0.3, -0.25) is 4.79 Å². The highest BCUT2D eigenvalue weighted by molar-refractivity contribution is 6.02. The maximum absolute atomic E-state index is 13.2. The van der Waals surface area contributed by atoms with E-state index in [2.05, 4.69) is 23.5 Å². The summed E-state index contributed by atoms with van der Waals surface area (Å²) in [5, 5.41) is 6.45. The summed E-state index contributed by atoms with van der Waals surface area (Å²) in [5.74, 6) is 0.124. The Morgan fingerprint density at radius 3 is 2.16 bits per heavy atom. The van der Waals surface area contributed by atoms with Crippen molar-refractivity contribution in [1.82, 2.24) is 5.43 Å². The van der Waals surface area contributed by atoms with Gasteiger partial charge in [0.05, 0.1) is 18.7 Å². The molecule has 4 heteroatoms. The van der Waals surface area contributed by atoms with Gasteiger partial charge in [0.1, 0.15) is 5.75 Å². The zero-order chi connectivity index (χ0) is 22.2. The lowest BCUT2D eigenvalue weighted by molar-refractivity contribution is -0.121. The van der Waals surface area contributed by atoms with Crippen LogP contribution in [0.4, 0.5) is 0 Å². The molecular weight excluding hydrogens is 396 g/mol. The molecule has 4 aromatic carbocycles. The number of nitrogens with zero attached hydrogens (tertiary/aromatic N) is 1. The highest BCUT2D eigenvalue weighted by Crippen LogP contribution is 2.27. The standard InChI is InChI=1S/C28H26N2O2/c1-2-19-32-26-18-17-21-11-9-10-16-24(21)25(26)20-29-30-28(31)27(22-12-5-3-6-13-22)23-14-7-4-8-15-23/h3-18,20,27H,2,19H2,1H3,(H,30,31)/b29-20-. The van der Waals surface area contributed by atoms with E-state index in [-0.39, 0.29) is 5.91 Å². The first kappa shape index (κ1) is 21.3. The number of carbonyl (C=O) groups excluding carboxylic acids is 1. The lowest BCUT2D eigenvalue weighted by atomic mass is 9.91. The number of hydrogen-bond donors (Lipinski definition) is 1. The zero-order valence-electron chi connectivity index (χ0n) is 18.1. The fourth-order valence-electron chi connectivity index (χ4n) is 3.76. The second-order valence-electron chi connectivity index (χ2n) is 7.54. The normalized spacial score (nSPS) is 11.2. The number of amides is 1. The number of carbonyl (C=O) groups is 1. The van der Waals surface area contributed by atoms with Crippen LogP contribution in [0.15, 0.2) is 102 Å². The molecule has 1 N–H and O–H groups in total. The molecular formula is C28H26N2O2. The van der Waals surface area contributed by atoms with Gasteiger partial charge in [-0.1, -0.05) is 97.9 Å². The van der Waals surface area contributed by atoms with Gasteiger partial charge in [-0.15, -0.1) is 0 Å². The van der Waals surface area contributed by atoms with Crippen LogP contribution < -0.4 is 10.2 Å². The van der Waals surface area contributed by atoms with E-state index in [9.17, 15) is 4.79 Å². The highest BCUT2D eigenvalue weighted by Gasteiger charge is 2.22. The first-order valence-corrected chi connectivity index (χ1v) is 10.8. The molecule has 0 fully saturated rings. The van der Waals surface area contributed by atoms with Crippen LogP contribution in [-0.4, -0.2) is 18.7 Å². The van der Waals surface area contributed by atoms with Crippen molar-refractivity contribution in [3.63, 3.8) is 0 Å². The predicted molar refractivity (Wildman–Crippen MR) is 130 cm³/mol. The molecule has 4 rings (SSSR count). The molecule has 0 atom stereocenters. The van der Waals surface area contributed by atoms with Crippen molar-refractivity contribution in [2.24, 2.45) is 5.10 Å². The summed E-state index contributed by atoms with van der Waals surface area (Å²) < 4.78 is 5.93. The minimum absolute atomic E-state index is 0.185. The zero-order valence-corrected chi connectivity index (χ0v) is 18.1. The molecule has 32 heavy (non-hydrogen) atoms. The third-order valence-electron chi connectivity index (χ3n) is 5.29. The summed E-state index contributed by atoms with van der Waals surface area (Å²) >= 11 is 0. The van der Waals surface area contributed by atoms with Crippen molar-refractivity contribution in [3.8, 4) is 5.75 Å². The molecule has 4 aromatic rings. The van der Waals surface area contributed by atoms with Gasteiger partial charge < -0.3 is 4.74 Å². The molecule has 160 valence electrons.